The van der Waals surface area contributed by atoms with Crippen molar-refractivity contribution in [3.05, 3.63) is 35.6 Å². The molecular formula is C18H25ClN2O3. The summed E-state index contributed by atoms with van der Waals surface area (Å²) >= 11 is 0. The minimum Gasteiger partial charge on any atom is -0.461 e. The van der Waals surface area contributed by atoms with E-state index in [0.29, 0.717) is 19.7 Å². The summed E-state index contributed by atoms with van der Waals surface area (Å²) in [6.45, 7) is 5.92. The van der Waals surface area contributed by atoms with E-state index in [4.69, 9.17) is 9.15 Å². The van der Waals surface area contributed by atoms with Crippen molar-refractivity contribution in [2.24, 2.45) is 0 Å². The number of nitrogens with one attached hydrogen (secondary N) is 1. The van der Waals surface area contributed by atoms with Crippen LogP contribution < -0.4 is 5.32 Å². The Kier molecular flexibility index (Phi) is 6.27. The van der Waals surface area contributed by atoms with Gasteiger partial charge in [0.05, 0.1) is 12.7 Å². The van der Waals surface area contributed by atoms with Crippen molar-refractivity contribution in [1.82, 2.24) is 10.2 Å². The Labute approximate surface area is 148 Å². The van der Waals surface area contributed by atoms with Crippen LogP contribution in [0.5, 0.6) is 0 Å². The lowest BCUT2D eigenvalue weighted by atomic mass is 10.1. The molecule has 24 heavy (non-hydrogen) atoms. The van der Waals surface area contributed by atoms with Crippen molar-refractivity contribution >= 4 is 29.3 Å². The molecule has 1 aliphatic heterocycles. The number of nitrogens with zero attached hydrogens (tertiary/aromatic N) is 1. The highest BCUT2D eigenvalue weighted by molar-refractivity contribution is 5.85. The van der Waals surface area contributed by atoms with Gasteiger partial charge in [0.2, 0.25) is 5.91 Å². The number of carbonyl (C=O) groups excluding carboxylic acids is 1. The second-order valence-corrected chi connectivity index (χ2v) is 6.06. The lowest BCUT2D eigenvalue weighted by Crippen LogP contribution is -2.55. The summed E-state index contributed by atoms with van der Waals surface area (Å²) in [5.41, 5.74) is 1.98. The molecule has 1 aliphatic rings. The first-order valence-corrected chi connectivity index (χ1v) is 8.21. The zero-order valence-corrected chi connectivity index (χ0v) is 15.2. The molecular weight excluding hydrogens is 328 g/mol. The number of morpholine rings is 1. The number of carbonyl (C=O) groups is 1. The van der Waals surface area contributed by atoms with Crippen LogP contribution in [-0.4, -0.2) is 43.2 Å². The maximum Gasteiger partial charge on any atom is 0.242 e. The quantitative estimate of drug-likeness (QED) is 0.919. The monoisotopic (exact) mass is 352 g/mol. The summed E-state index contributed by atoms with van der Waals surface area (Å²) in [5.74, 6) is 1.01. The van der Waals surface area contributed by atoms with Crippen molar-refractivity contribution in [2.75, 3.05) is 20.2 Å². The van der Waals surface area contributed by atoms with Gasteiger partial charge >= 0.3 is 0 Å². The minimum atomic E-state index is -0.281. The molecule has 1 aromatic heterocycles. The van der Waals surface area contributed by atoms with Gasteiger partial charge in [-0.05, 0) is 13.0 Å². The molecule has 2 atom stereocenters. The number of rotatable bonds is 4. The van der Waals surface area contributed by atoms with Crippen LogP contribution in [0.4, 0.5) is 0 Å². The number of benzene rings is 1. The van der Waals surface area contributed by atoms with Crippen LogP contribution in [-0.2, 0) is 22.5 Å². The molecule has 6 heteroatoms. The van der Waals surface area contributed by atoms with Gasteiger partial charge in [-0.2, -0.15) is 0 Å². The summed E-state index contributed by atoms with van der Waals surface area (Å²) in [4.78, 5) is 14.5. The molecule has 0 spiro atoms. The van der Waals surface area contributed by atoms with Gasteiger partial charge in [-0.25, -0.2) is 0 Å². The molecule has 0 unspecified atom stereocenters. The predicted octanol–water partition coefficient (Wildman–Crippen LogP) is 2.75. The largest absolute Gasteiger partial charge is 0.461 e. The van der Waals surface area contributed by atoms with Crippen LogP contribution in [0.15, 0.2) is 28.7 Å². The van der Waals surface area contributed by atoms with Crippen LogP contribution in [0.3, 0.4) is 0 Å². The van der Waals surface area contributed by atoms with E-state index in [9.17, 15) is 4.79 Å². The van der Waals surface area contributed by atoms with Gasteiger partial charge in [-0.3, -0.25) is 4.79 Å². The number of amides is 1. The zero-order valence-electron chi connectivity index (χ0n) is 14.4. The summed E-state index contributed by atoms with van der Waals surface area (Å²) in [6.07, 6.45) is 0.707. The first-order valence-electron chi connectivity index (χ1n) is 8.21. The summed E-state index contributed by atoms with van der Waals surface area (Å²) < 4.78 is 11.5. The molecule has 132 valence electrons. The molecule has 0 saturated carbocycles. The molecule has 1 fully saturated rings. The molecule has 0 bridgehead atoms. The third-order valence-electron chi connectivity index (χ3n) is 4.46. The Balaban J connectivity index is 0.00000208. The van der Waals surface area contributed by atoms with E-state index in [2.05, 4.69) is 18.3 Å². The second-order valence-electron chi connectivity index (χ2n) is 6.06. The first kappa shape index (κ1) is 18.8. The SMILES string of the molecule is CCc1oc2ccccc2c1CN(C)C(=O)[C@H]1NCCO[C@@H]1C.Cl. The number of aryl methyl sites for hydroxylation is 1. The van der Waals surface area contributed by atoms with E-state index in [1.165, 1.54) is 0 Å². The normalized spacial score (nSPS) is 20.6. The zero-order chi connectivity index (χ0) is 16.4. The highest BCUT2D eigenvalue weighted by Gasteiger charge is 2.31. The number of halogens is 1. The van der Waals surface area contributed by atoms with E-state index in [0.717, 1.165) is 28.7 Å². The lowest BCUT2D eigenvalue weighted by Gasteiger charge is -2.32. The third kappa shape index (κ3) is 3.58. The average molecular weight is 353 g/mol. The van der Waals surface area contributed by atoms with Gasteiger partial charge in [0.15, 0.2) is 0 Å². The number of hydrogen-bond acceptors (Lipinski definition) is 4. The number of fused-ring (bicyclic) bond motifs is 1. The van der Waals surface area contributed by atoms with Crippen LogP contribution in [0, 0.1) is 0 Å². The Morgan fingerprint density at radius 2 is 2.12 bits per heavy atom. The van der Waals surface area contributed by atoms with E-state index in [1.54, 1.807) is 4.90 Å². The molecule has 5 nitrogen and oxygen atoms in total. The van der Waals surface area contributed by atoms with Crippen molar-refractivity contribution in [3.8, 4) is 0 Å². The van der Waals surface area contributed by atoms with Crippen LogP contribution in [0.25, 0.3) is 11.0 Å². The number of para-hydroxylation sites is 1. The fraction of sp³-hybridized carbons (Fsp3) is 0.500. The Bertz CT molecular complexity index is 701. The van der Waals surface area contributed by atoms with Gasteiger partial charge in [0.1, 0.15) is 17.4 Å². The molecule has 0 aliphatic carbocycles. The standard InChI is InChI=1S/C18H24N2O3.ClH/c1-4-15-14(13-7-5-6-8-16(13)23-15)11-20(3)18(21)17-12(2)22-10-9-19-17;/h5-8,12,17,19H,4,9-11H2,1-3H3;1H/t12-,17+;/m1./s1. The highest BCUT2D eigenvalue weighted by Crippen LogP contribution is 2.27. The summed E-state index contributed by atoms with van der Waals surface area (Å²) in [7, 11) is 1.84. The Hall–Kier alpha value is -1.56. The number of hydrogen-bond donors (Lipinski definition) is 1. The van der Waals surface area contributed by atoms with Crippen molar-refractivity contribution in [1.29, 1.82) is 0 Å². The first-order chi connectivity index (χ1) is 11.1. The van der Waals surface area contributed by atoms with E-state index in [-0.39, 0.29) is 30.5 Å². The highest BCUT2D eigenvalue weighted by atomic mass is 35.5. The van der Waals surface area contributed by atoms with Crippen LogP contribution in [0.1, 0.15) is 25.2 Å². The fourth-order valence-electron chi connectivity index (χ4n) is 3.17. The Morgan fingerprint density at radius 3 is 2.83 bits per heavy atom. The molecule has 2 heterocycles. The molecule has 1 aromatic carbocycles. The van der Waals surface area contributed by atoms with E-state index < -0.39 is 0 Å². The van der Waals surface area contributed by atoms with Crippen molar-refractivity contribution < 1.29 is 13.9 Å². The topological polar surface area (TPSA) is 54.7 Å². The Morgan fingerprint density at radius 1 is 1.38 bits per heavy atom. The number of likely N-dealkylation sites (N-methyl/N-ethyl adjacent to an activating group) is 1. The van der Waals surface area contributed by atoms with Crippen LogP contribution >= 0.6 is 12.4 Å². The second kappa shape index (κ2) is 8.01. The van der Waals surface area contributed by atoms with E-state index in [1.807, 2.05) is 32.2 Å². The van der Waals surface area contributed by atoms with Gasteiger partial charge in [-0.1, -0.05) is 25.1 Å². The van der Waals surface area contributed by atoms with Crippen molar-refractivity contribution in [2.45, 2.75) is 39.0 Å². The van der Waals surface area contributed by atoms with Gasteiger partial charge < -0.3 is 19.4 Å². The van der Waals surface area contributed by atoms with Crippen LogP contribution in [0.2, 0.25) is 0 Å². The molecule has 1 N–H and O–H groups in total. The smallest absolute Gasteiger partial charge is 0.242 e. The lowest BCUT2D eigenvalue weighted by molar-refractivity contribution is -0.138. The molecule has 3 rings (SSSR count). The molecule has 0 radical (unpaired) electrons. The number of ether oxygens (including phenoxy) is 1. The summed E-state index contributed by atoms with van der Waals surface area (Å²) in [6, 6.07) is 7.71. The van der Waals surface area contributed by atoms with Gasteiger partial charge in [0, 0.05) is 37.5 Å². The predicted molar refractivity (Wildman–Crippen MR) is 96.5 cm³/mol. The fourth-order valence-corrected chi connectivity index (χ4v) is 3.17. The third-order valence-corrected chi connectivity index (χ3v) is 4.46. The van der Waals surface area contributed by atoms with E-state index >= 15 is 0 Å². The maximum absolute atomic E-state index is 12.7. The molecule has 2 aromatic rings. The van der Waals surface area contributed by atoms with Gasteiger partial charge in [-0.15, -0.1) is 12.4 Å². The average Bonchev–Trinajstić information content (AvgIpc) is 2.92. The summed E-state index contributed by atoms with van der Waals surface area (Å²) in [5, 5.41) is 4.34. The minimum absolute atomic E-state index is 0. The molecule has 1 amide bonds. The maximum atomic E-state index is 12.7. The van der Waals surface area contributed by atoms with Gasteiger partial charge in [0.25, 0.3) is 0 Å². The number of furan rings is 1. The van der Waals surface area contributed by atoms with Crippen molar-refractivity contribution in [3.63, 3.8) is 0 Å². The molecule has 1 saturated heterocycles.